The third-order valence-electron chi connectivity index (χ3n) is 15.2. The predicted molar refractivity (Wildman–Crippen MR) is 325 cm³/mol. The summed E-state index contributed by atoms with van der Waals surface area (Å²) in [6.07, 6.45) is 69.7. The standard InChI is InChI=1S/C68H129NO8/c1-6-8-10-12-14-16-18-20-22-24-26-28-29-30-31-32-33-34-35-36-37-39-41-43-45-47-49-51-53-55-57-59-66(71)77-64(63-76-68(67(72)73)74-61-60-69(3,4)5)62-75-65(70)58-56-54-52-50-48-46-44-42-40-38-27-25-23-21-19-17-15-13-11-9-7-2/h24-27,64,68H,6-23,28-63H2,1-5H3/b26-24-,27-25-. The minimum Gasteiger partial charge on any atom is -0.545 e. The molecule has 0 fully saturated rings. The molecule has 0 rings (SSSR count). The summed E-state index contributed by atoms with van der Waals surface area (Å²) in [6.45, 7) is 4.81. The van der Waals surface area contributed by atoms with Crippen LogP contribution in [0.4, 0.5) is 0 Å². The van der Waals surface area contributed by atoms with Crippen molar-refractivity contribution < 1.29 is 42.9 Å². The van der Waals surface area contributed by atoms with Crippen molar-refractivity contribution in [2.75, 3.05) is 47.5 Å². The van der Waals surface area contributed by atoms with Crippen molar-refractivity contribution in [2.45, 2.75) is 347 Å². The largest absolute Gasteiger partial charge is 0.545 e. The Kier molecular flexibility index (Phi) is 58.1. The minimum atomic E-state index is -1.62. The summed E-state index contributed by atoms with van der Waals surface area (Å²) in [6, 6.07) is 0. The zero-order valence-corrected chi connectivity index (χ0v) is 51.9. The van der Waals surface area contributed by atoms with Gasteiger partial charge in [-0.05, 0) is 64.2 Å². The van der Waals surface area contributed by atoms with Crippen molar-refractivity contribution in [3.05, 3.63) is 24.3 Å². The quantitative estimate of drug-likeness (QED) is 0.0195. The predicted octanol–water partition coefficient (Wildman–Crippen LogP) is 18.9. The molecule has 0 aromatic carbocycles. The molecule has 0 aliphatic heterocycles. The van der Waals surface area contributed by atoms with Gasteiger partial charge in [0, 0.05) is 12.8 Å². The number of carboxylic acid groups (broad SMARTS) is 1. The van der Waals surface area contributed by atoms with Crippen LogP contribution in [-0.4, -0.2) is 82.3 Å². The lowest BCUT2D eigenvalue weighted by Crippen LogP contribution is -2.44. The molecule has 9 nitrogen and oxygen atoms in total. The number of esters is 2. The monoisotopic (exact) mass is 1090 g/mol. The van der Waals surface area contributed by atoms with Gasteiger partial charge in [0.15, 0.2) is 12.4 Å². The number of ether oxygens (including phenoxy) is 4. The highest BCUT2D eigenvalue weighted by molar-refractivity contribution is 5.70. The Morgan fingerprint density at radius 1 is 0.377 bits per heavy atom. The molecule has 0 N–H and O–H groups in total. The first kappa shape index (κ1) is 74.8. The first-order valence-corrected chi connectivity index (χ1v) is 33.5. The average Bonchev–Trinajstić information content (AvgIpc) is 3.40. The lowest BCUT2D eigenvalue weighted by atomic mass is 10.0. The van der Waals surface area contributed by atoms with Crippen LogP contribution < -0.4 is 5.11 Å². The van der Waals surface area contributed by atoms with Crippen LogP contribution in [0.3, 0.4) is 0 Å². The van der Waals surface area contributed by atoms with Crippen LogP contribution in [0.1, 0.15) is 335 Å². The van der Waals surface area contributed by atoms with E-state index in [0.717, 1.165) is 38.5 Å². The van der Waals surface area contributed by atoms with E-state index in [-0.39, 0.29) is 32.2 Å². The Bertz CT molecular complexity index is 1310. The molecule has 0 saturated carbocycles. The van der Waals surface area contributed by atoms with Crippen molar-refractivity contribution >= 4 is 17.9 Å². The van der Waals surface area contributed by atoms with E-state index in [1.54, 1.807) is 0 Å². The second kappa shape index (κ2) is 59.9. The minimum absolute atomic E-state index is 0.150. The van der Waals surface area contributed by atoms with E-state index in [0.29, 0.717) is 17.4 Å². The third-order valence-corrected chi connectivity index (χ3v) is 15.2. The van der Waals surface area contributed by atoms with E-state index in [1.807, 2.05) is 21.1 Å². The maximum absolute atomic E-state index is 12.9. The van der Waals surface area contributed by atoms with E-state index < -0.39 is 24.3 Å². The fourth-order valence-electron chi connectivity index (χ4n) is 10.0. The maximum Gasteiger partial charge on any atom is 0.306 e. The molecule has 2 atom stereocenters. The molecule has 0 saturated heterocycles. The molecule has 0 aliphatic carbocycles. The molecule has 9 heteroatoms. The number of unbranched alkanes of at least 4 members (excludes halogenated alkanes) is 44. The van der Waals surface area contributed by atoms with Gasteiger partial charge in [-0.15, -0.1) is 0 Å². The van der Waals surface area contributed by atoms with Crippen molar-refractivity contribution in [1.82, 2.24) is 0 Å². The van der Waals surface area contributed by atoms with Crippen molar-refractivity contribution in [3.63, 3.8) is 0 Å². The van der Waals surface area contributed by atoms with Crippen LogP contribution in [-0.2, 0) is 33.3 Å². The highest BCUT2D eigenvalue weighted by Crippen LogP contribution is 2.18. The second-order valence-electron chi connectivity index (χ2n) is 24.1. The zero-order chi connectivity index (χ0) is 56.2. The lowest BCUT2D eigenvalue weighted by molar-refractivity contribution is -0.870. The summed E-state index contributed by atoms with van der Waals surface area (Å²) in [5.41, 5.74) is 0. The molecule has 454 valence electrons. The van der Waals surface area contributed by atoms with Crippen molar-refractivity contribution in [1.29, 1.82) is 0 Å². The van der Waals surface area contributed by atoms with Crippen LogP contribution in [0.5, 0.6) is 0 Å². The average molecular weight is 1090 g/mol. The summed E-state index contributed by atoms with van der Waals surface area (Å²) in [7, 11) is 5.94. The molecular formula is C68H129NO8. The Balaban J connectivity index is 4.08. The Hall–Kier alpha value is -2.23. The molecule has 0 heterocycles. The molecule has 0 aromatic rings. The summed E-state index contributed by atoms with van der Waals surface area (Å²) < 4.78 is 22.8. The lowest BCUT2D eigenvalue weighted by Gasteiger charge is -2.26. The van der Waals surface area contributed by atoms with E-state index >= 15 is 0 Å². The second-order valence-corrected chi connectivity index (χ2v) is 24.1. The number of aliphatic carboxylic acids is 1. The number of carboxylic acids is 1. The Morgan fingerprint density at radius 2 is 0.662 bits per heavy atom. The van der Waals surface area contributed by atoms with Gasteiger partial charge in [-0.3, -0.25) is 9.59 Å². The van der Waals surface area contributed by atoms with Gasteiger partial charge in [0.1, 0.15) is 13.2 Å². The van der Waals surface area contributed by atoms with Gasteiger partial charge < -0.3 is 33.3 Å². The molecular weight excluding hydrogens is 959 g/mol. The first-order chi connectivity index (χ1) is 37.6. The van der Waals surface area contributed by atoms with Gasteiger partial charge in [-0.2, -0.15) is 0 Å². The van der Waals surface area contributed by atoms with E-state index in [2.05, 4.69) is 38.2 Å². The topological polar surface area (TPSA) is 111 Å². The van der Waals surface area contributed by atoms with E-state index in [4.69, 9.17) is 18.9 Å². The van der Waals surface area contributed by atoms with Crippen molar-refractivity contribution in [3.8, 4) is 0 Å². The number of hydrogen-bond acceptors (Lipinski definition) is 8. The van der Waals surface area contributed by atoms with Gasteiger partial charge in [0.05, 0.1) is 40.3 Å². The summed E-state index contributed by atoms with van der Waals surface area (Å²) in [5, 5.41) is 11.8. The van der Waals surface area contributed by atoms with Crippen LogP contribution in [0.2, 0.25) is 0 Å². The van der Waals surface area contributed by atoms with Gasteiger partial charge >= 0.3 is 11.9 Å². The van der Waals surface area contributed by atoms with E-state index in [9.17, 15) is 19.5 Å². The smallest absolute Gasteiger partial charge is 0.306 e. The zero-order valence-electron chi connectivity index (χ0n) is 51.9. The number of carbonyl (C=O) groups excluding carboxylic acids is 3. The number of nitrogens with zero attached hydrogens (tertiary/aromatic N) is 1. The number of rotatable bonds is 63. The number of hydrogen-bond donors (Lipinski definition) is 0. The van der Waals surface area contributed by atoms with Crippen LogP contribution in [0, 0.1) is 0 Å². The number of allylic oxidation sites excluding steroid dienone is 4. The Morgan fingerprint density at radius 3 is 0.961 bits per heavy atom. The maximum atomic E-state index is 12.9. The van der Waals surface area contributed by atoms with Gasteiger partial charge in [-0.25, -0.2) is 0 Å². The normalized spacial score (nSPS) is 12.8. The fraction of sp³-hybridized carbons (Fsp3) is 0.897. The van der Waals surface area contributed by atoms with Crippen LogP contribution in [0.25, 0.3) is 0 Å². The summed E-state index contributed by atoms with van der Waals surface area (Å²) >= 11 is 0. The molecule has 0 radical (unpaired) electrons. The van der Waals surface area contributed by atoms with Crippen molar-refractivity contribution in [2.24, 2.45) is 0 Å². The van der Waals surface area contributed by atoms with Gasteiger partial charge in [-0.1, -0.05) is 282 Å². The van der Waals surface area contributed by atoms with Gasteiger partial charge in [0.2, 0.25) is 0 Å². The SMILES string of the molecule is CCCCCCCCCC/C=C\CCCCCCCCCCCCCCCCCCCCCC(=O)OC(COC(=O)CCCCCCCCCCC/C=C\CCCCCCCCCC)COC(OCC[N+](C)(C)C)C(=O)[O-]. The Labute approximate surface area is 478 Å². The fourth-order valence-corrected chi connectivity index (χ4v) is 10.0. The number of likely N-dealkylation sites (N-methyl/N-ethyl adjacent to an activating group) is 1. The molecule has 0 amide bonds. The third kappa shape index (κ3) is 61.2. The number of quaternary nitrogens is 1. The van der Waals surface area contributed by atoms with E-state index in [1.165, 1.54) is 270 Å². The van der Waals surface area contributed by atoms with Crippen LogP contribution >= 0.6 is 0 Å². The van der Waals surface area contributed by atoms with Crippen LogP contribution in [0.15, 0.2) is 24.3 Å². The molecule has 77 heavy (non-hydrogen) atoms. The molecule has 2 unspecified atom stereocenters. The summed E-state index contributed by atoms with van der Waals surface area (Å²) in [4.78, 5) is 37.4. The molecule has 0 spiro atoms. The number of carbonyl (C=O) groups is 3. The highest BCUT2D eigenvalue weighted by Gasteiger charge is 2.22. The highest BCUT2D eigenvalue weighted by atomic mass is 16.7. The molecule has 0 bridgehead atoms. The van der Waals surface area contributed by atoms with Gasteiger partial charge in [0.25, 0.3) is 0 Å². The molecule has 0 aromatic heterocycles. The first-order valence-electron chi connectivity index (χ1n) is 33.5. The summed E-state index contributed by atoms with van der Waals surface area (Å²) in [5.74, 6) is -2.26. The molecule has 0 aliphatic rings.